The SMILES string of the molecule is COc1ccc(Br)c(OC)c1C(=O)c1c(C)cc(C)c(C)c1C. The maximum atomic E-state index is 13.3. The number of aryl methyl sites for hydroxylation is 2. The van der Waals surface area contributed by atoms with Gasteiger partial charge in [-0.1, -0.05) is 6.07 Å². The molecule has 0 aromatic heterocycles. The molecular weight excluding hydrogens is 356 g/mol. The molecule has 0 aliphatic rings. The van der Waals surface area contributed by atoms with Gasteiger partial charge in [0.15, 0.2) is 0 Å². The minimum Gasteiger partial charge on any atom is -0.496 e. The van der Waals surface area contributed by atoms with Crippen molar-refractivity contribution in [3.63, 3.8) is 0 Å². The van der Waals surface area contributed by atoms with Crippen LogP contribution in [0.15, 0.2) is 22.7 Å². The molecule has 0 bridgehead atoms. The number of hydrogen-bond donors (Lipinski definition) is 0. The van der Waals surface area contributed by atoms with Gasteiger partial charge in [-0.05, 0) is 78.0 Å². The summed E-state index contributed by atoms with van der Waals surface area (Å²) in [5, 5.41) is 0. The molecular formula is C19H21BrO3. The van der Waals surface area contributed by atoms with Crippen molar-refractivity contribution in [2.75, 3.05) is 14.2 Å². The Balaban J connectivity index is 2.77. The summed E-state index contributed by atoms with van der Waals surface area (Å²) in [5.41, 5.74) is 5.43. The number of hydrogen-bond acceptors (Lipinski definition) is 3. The summed E-state index contributed by atoms with van der Waals surface area (Å²) in [5.74, 6) is 0.913. The molecule has 0 amide bonds. The van der Waals surface area contributed by atoms with Crippen LogP contribution in [0.4, 0.5) is 0 Å². The molecule has 0 heterocycles. The van der Waals surface area contributed by atoms with Crippen LogP contribution in [0.3, 0.4) is 0 Å². The third-order valence-electron chi connectivity index (χ3n) is 4.31. The Kier molecular flexibility index (Phi) is 5.15. The molecule has 0 aliphatic heterocycles. The average molecular weight is 377 g/mol. The molecule has 0 spiro atoms. The number of rotatable bonds is 4. The lowest BCUT2D eigenvalue weighted by Gasteiger charge is -2.18. The van der Waals surface area contributed by atoms with Crippen molar-refractivity contribution in [1.29, 1.82) is 0 Å². The molecule has 2 aromatic carbocycles. The number of ether oxygens (including phenoxy) is 2. The van der Waals surface area contributed by atoms with Crippen LogP contribution in [0.1, 0.15) is 38.2 Å². The highest BCUT2D eigenvalue weighted by molar-refractivity contribution is 9.10. The highest BCUT2D eigenvalue weighted by Gasteiger charge is 2.25. The van der Waals surface area contributed by atoms with Crippen LogP contribution >= 0.6 is 15.9 Å². The quantitative estimate of drug-likeness (QED) is 0.709. The van der Waals surface area contributed by atoms with Crippen LogP contribution in [0.2, 0.25) is 0 Å². The molecule has 2 rings (SSSR count). The molecule has 0 fully saturated rings. The second-order valence-corrected chi connectivity index (χ2v) is 6.48. The zero-order chi connectivity index (χ0) is 17.3. The Morgan fingerprint density at radius 2 is 1.57 bits per heavy atom. The van der Waals surface area contributed by atoms with E-state index in [-0.39, 0.29) is 5.78 Å². The van der Waals surface area contributed by atoms with Gasteiger partial charge in [-0.3, -0.25) is 4.79 Å². The molecule has 0 saturated carbocycles. The predicted octanol–water partition coefficient (Wildman–Crippen LogP) is 4.93. The van der Waals surface area contributed by atoms with Crippen molar-refractivity contribution >= 4 is 21.7 Å². The minimum atomic E-state index is -0.0851. The van der Waals surface area contributed by atoms with Crippen molar-refractivity contribution in [2.45, 2.75) is 27.7 Å². The smallest absolute Gasteiger partial charge is 0.201 e. The number of methoxy groups -OCH3 is 2. The van der Waals surface area contributed by atoms with Crippen LogP contribution in [-0.4, -0.2) is 20.0 Å². The van der Waals surface area contributed by atoms with Crippen molar-refractivity contribution in [2.24, 2.45) is 0 Å². The number of carbonyl (C=O) groups is 1. The van der Waals surface area contributed by atoms with Crippen LogP contribution in [0.25, 0.3) is 0 Å². The Morgan fingerprint density at radius 1 is 0.913 bits per heavy atom. The van der Waals surface area contributed by atoms with Gasteiger partial charge in [0, 0.05) is 5.56 Å². The molecule has 122 valence electrons. The van der Waals surface area contributed by atoms with Crippen molar-refractivity contribution in [3.8, 4) is 11.5 Å². The molecule has 0 aliphatic carbocycles. The van der Waals surface area contributed by atoms with Crippen LogP contribution in [0, 0.1) is 27.7 Å². The monoisotopic (exact) mass is 376 g/mol. The molecule has 0 unspecified atom stereocenters. The molecule has 23 heavy (non-hydrogen) atoms. The molecule has 0 saturated heterocycles. The van der Waals surface area contributed by atoms with E-state index in [0.717, 1.165) is 21.2 Å². The summed E-state index contributed by atoms with van der Waals surface area (Å²) in [6, 6.07) is 5.63. The van der Waals surface area contributed by atoms with Crippen LogP contribution in [-0.2, 0) is 0 Å². The highest BCUT2D eigenvalue weighted by Crippen LogP contribution is 2.38. The van der Waals surface area contributed by atoms with Crippen molar-refractivity contribution < 1.29 is 14.3 Å². The van der Waals surface area contributed by atoms with E-state index in [1.165, 1.54) is 5.56 Å². The van der Waals surface area contributed by atoms with Gasteiger partial charge in [-0.15, -0.1) is 0 Å². The highest BCUT2D eigenvalue weighted by atomic mass is 79.9. The zero-order valence-electron chi connectivity index (χ0n) is 14.3. The summed E-state index contributed by atoms with van der Waals surface area (Å²) in [6.07, 6.45) is 0. The standard InChI is InChI=1S/C19H21BrO3/c1-10-9-11(2)16(13(4)12(10)3)18(21)17-15(22-5)8-7-14(20)19(17)23-6/h7-9H,1-6H3. The number of ketones is 1. The van der Waals surface area contributed by atoms with Gasteiger partial charge < -0.3 is 9.47 Å². The fourth-order valence-corrected chi connectivity index (χ4v) is 3.37. The lowest BCUT2D eigenvalue weighted by atomic mass is 9.89. The van der Waals surface area contributed by atoms with Gasteiger partial charge in [0.1, 0.15) is 17.1 Å². The van der Waals surface area contributed by atoms with E-state index < -0.39 is 0 Å². The topological polar surface area (TPSA) is 35.5 Å². The second kappa shape index (κ2) is 6.75. The minimum absolute atomic E-state index is 0.0851. The van der Waals surface area contributed by atoms with Gasteiger partial charge >= 0.3 is 0 Å². The van der Waals surface area contributed by atoms with E-state index in [4.69, 9.17) is 9.47 Å². The Morgan fingerprint density at radius 3 is 2.13 bits per heavy atom. The predicted molar refractivity (Wildman–Crippen MR) is 96.1 cm³/mol. The van der Waals surface area contributed by atoms with Gasteiger partial charge in [0.25, 0.3) is 0 Å². The van der Waals surface area contributed by atoms with Gasteiger partial charge in [-0.2, -0.15) is 0 Å². The van der Waals surface area contributed by atoms with E-state index in [2.05, 4.69) is 22.9 Å². The van der Waals surface area contributed by atoms with Gasteiger partial charge in [0.05, 0.1) is 18.7 Å². The summed E-state index contributed by atoms with van der Waals surface area (Å²) >= 11 is 3.44. The second-order valence-electron chi connectivity index (χ2n) is 5.62. The fourth-order valence-electron chi connectivity index (χ4n) is 2.88. The average Bonchev–Trinajstić information content (AvgIpc) is 2.52. The first-order valence-corrected chi connectivity index (χ1v) is 8.15. The lowest BCUT2D eigenvalue weighted by molar-refractivity contribution is 0.103. The molecule has 0 radical (unpaired) electrons. The Bertz CT molecular complexity index is 779. The first kappa shape index (κ1) is 17.5. The Labute approximate surface area is 145 Å². The number of benzene rings is 2. The largest absolute Gasteiger partial charge is 0.496 e. The first-order valence-electron chi connectivity index (χ1n) is 7.36. The molecule has 0 atom stereocenters. The molecule has 4 heteroatoms. The molecule has 3 nitrogen and oxygen atoms in total. The Hall–Kier alpha value is -1.81. The molecule has 0 N–H and O–H groups in total. The maximum absolute atomic E-state index is 13.3. The van der Waals surface area contributed by atoms with E-state index in [1.54, 1.807) is 20.3 Å². The van der Waals surface area contributed by atoms with Gasteiger partial charge in [-0.25, -0.2) is 0 Å². The zero-order valence-corrected chi connectivity index (χ0v) is 15.9. The summed E-state index contributed by atoms with van der Waals surface area (Å²) < 4.78 is 11.6. The third kappa shape index (κ3) is 3.00. The normalized spacial score (nSPS) is 10.6. The number of halogens is 1. The van der Waals surface area contributed by atoms with E-state index in [1.807, 2.05) is 32.9 Å². The maximum Gasteiger partial charge on any atom is 0.201 e. The first-order chi connectivity index (χ1) is 10.8. The summed E-state index contributed by atoms with van der Waals surface area (Å²) in [6.45, 7) is 8.04. The van der Waals surface area contributed by atoms with Crippen molar-refractivity contribution in [3.05, 3.63) is 56.1 Å². The number of carbonyl (C=O) groups excluding carboxylic acids is 1. The lowest BCUT2D eigenvalue weighted by Crippen LogP contribution is -2.11. The summed E-state index contributed by atoms with van der Waals surface area (Å²) in [7, 11) is 3.11. The van der Waals surface area contributed by atoms with E-state index >= 15 is 0 Å². The molecule has 2 aromatic rings. The van der Waals surface area contributed by atoms with E-state index in [9.17, 15) is 4.79 Å². The fraction of sp³-hybridized carbons (Fsp3) is 0.316. The van der Waals surface area contributed by atoms with Crippen molar-refractivity contribution in [1.82, 2.24) is 0 Å². The third-order valence-corrected chi connectivity index (χ3v) is 4.93. The summed E-state index contributed by atoms with van der Waals surface area (Å²) in [4.78, 5) is 13.3. The van der Waals surface area contributed by atoms with Gasteiger partial charge in [0.2, 0.25) is 5.78 Å². The van der Waals surface area contributed by atoms with Crippen LogP contribution in [0.5, 0.6) is 11.5 Å². The van der Waals surface area contributed by atoms with E-state index in [0.29, 0.717) is 22.6 Å². The van der Waals surface area contributed by atoms with Crippen LogP contribution < -0.4 is 9.47 Å².